The molecule has 13 heteroatoms. The number of para-hydroxylation sites is 1. The number of rotatable bonds is 8. The van der Waals surface area contributed by atoms with Gasteiger partial charge in [-0.3, -0.25) is 9.59 Å². The van der Waals surface area contributed by atoms with Crippen LogP contribution in [0.5, 0.6) is 5.75 Å². The number of carbonyl (C=O) groups is 2. The summed E-state index contributed by atoms with van der Waals surface area (Å²) >= 11 is 0. The van der Waals surface area contributed by atoms with E-state index in [9.17, 15) is 33.0 Å². The average molecular weight is 540 g/mol. The molecule has 208 valence electrons. The molecule has 38 heavy (non-hydrogen) atoms. The zero-order valence-electron chi connectivity index (χ0n) is 21.4. The molecule has 2 fully saturated rings. The highest BCUT2D eigenvalue weighted by Gasteiger charge is 2.46. The van der Waals surface area contributed by atoms with E-state index in [1.165, 1.54) is 27.8 Å². The molecule has 1 saturated heterocycles. The van der Waals surface area contributed by atoms with Gasteiger partial charge in [0.05, 0.1) is 24.4 Å². The Labute approximate surface area is 217 Å². The minimum atomic E-state index is -4.97. The number of alkyl halides is 3. The molecule has 2 heterocycles. The monoisotopic (exact) mass is 539 g/mol. The fourth-order valence-electron chi connectivity index (χ4n) is 4.80. The van der Waals surface area contributed by atoms with Crippen molar-refractivity contribution in [1.82, 2.24) is 25.2 Å². The molecule has 1 aliphatic carbocycles. The summed E-state index contributed by atoms with van der Waals surface area (Å²) in [4.78, 5) is 28.4. The number of β-amino-alcohol motifs (C(OH)–C–C–N with tert-alkyl or cyclic N) is 1. The maximum absolute atomic E-state index is 13.8. The first kappa shape index (κ1) is 27.8. The van der Waals surface area contributed by atoms with E-state index in [4.69, 9.17) is 0 Å². The second-order valence-corrected chi connectivity index (χ2v) is 10.9. The molecule has 4 atom stereocenters. The van der Waals surface area contributed by atoms with E-state index in [2.05, 4.69) is 20.4 Å². The molecule has 10 nitrogen and oxygen atoms in total. The van der Waals surface area contributed by atoms with Crippen LogP contribution in [0.25, 0.3) is 0 Å². The summed E-state index contributed by atoms with van der Waals surface area (Å²) in [5.41, 5.74) is 0.0926. The van der Waals surface area contributed by atoms with Gasteiger partial charge in [0, 0.05) is 30.6 Å². The van der Waals surface area contributed by atoms with Crippen molar-refractivity contribution in [3.8, 4) is 5.75 Å². The zero-order chi connectivity index (χ0) is 27.8. The molecular formula is C25H32F3N5O5. The summed E-state index contributed by atoms with van der Waals surface area (Å²) in [5.74, 6) is -1.40. The molecule has 0 bridgehead atoms. The first-order valence-electron chi connectivity index (χ1n) is 12.4. The van der Waals surface area contributed by atoms with Gasteiger partial charge in [-0.05, 0) is 24.3 Å². The number of hydrogen-bond acceptors (Lipinski definition) is 7. The number of amides is 2. The predicted octanol–water partition coefficient (Wildman–Crippen LogP) is 2.45. The maximum Gasteiger partial charge on any atom is 0.573 e. The van der Waals surface area contributed by atoms with Crippen LogP contribution in [0.2, 0.25) is 0 Å². The highest BCUT2D eigenvalue weighted by atomic mass is 19.4. The Bertz CT molecular complexity index is 1160. The number of likely N-dealkylation sites (tertiary alicyclic amines) is 1. The van der Waals surface area contributed by atoms with Gasteiger partial charge in [0.25, 0.3) is 0 Å². The Balaban J connectivity index is 1.56. The molecule has 3 N–H and O–H groups in total. The number of aliphatic hydroxyl groups excluding tert-OH is 2. The Kier molecular flexibility index (Phi) is 7.71. The van der Waals surface area contributed by atoms with Crippen molar-refractivity contribution in [3.63, 3.8) is 0 Å². The number of halogens is 3. The third-order valence-corrected chi connectivity index (χ3v) is 6.73. The SMILES string of the molecule is CC(C)(C)[C@@H](C(=O)N1CC(O)CC1C(=O)NC(CO)c1ccccc1OC(F)(F)F)n1cc(C2CC2)nn1. The molecule has 1 aromatic carbocycles. The van der Waals surface area contributed by atoms with Gasteiger partial charge >= 0.3 is 6.36 Å². The van der Waals surface area contributed by atoms with Crippen molar-refractivity contribution in [1.29, 1.82) is 0 Å². The molecule has 1 saturated carbocycles. The van der Waals surface area contributed by atoms with Crippen LogP contribution in [0.3, 0.4) is 0 Å². The summed E-state index contributed by atoms with van der Waals surface area (Å²) < 4.78 is 44.2. The quantitative estimate of drug-likeness (QED) is 0.470. The smallest absolute Gasteiger partial charge is 0.405 e. The van der Waals surface area contributed by atoms with E-state index in [1.54, 1.807) is 6.20 Å². The largest absolute Gasteiger partial charge is 0.573 e. The number of nitrogens with zero attached hydrogens (tertiary/aromatic N) is 4. The first-order valence-corrected chi connectivity index (χ1v) is 12.4. The zero-order valence-corrected chi connectivity index (χ0v) is 21.4. The Morgan fingerprint density at radius 2 is 1.89 bits per heavy atom. The summed E-state index contributed by atoms with van der Waals surface area (Å²) in [7, 11) is 0. The predicted molar refractivity (Wildman–Crippen MR) is 128 cm³/mol. The molecule has 4 rings (SSSR count). The summed E-state index contributed by atoms with van der Waals surface area (Å²) in [6.45, 7) is 4.74. The topological polar surface area (TPSA) is 130 Å². The third-order valence-electron chi connectivity index (χ3n) is 6.73. The van der Waals surface area contributed by atoms with Crippen LogP contribution in [0.1, 0.15) is 69.3 Å². The van der Waals surface area contributed by atoms with Gasteiger partial charge in [-0.25, -0.2) is 4.68 Å². The van der Waals surface area contributed by atoms with E-state index in [-0.39, 0.29) is 18.5 Å². The van der Waals surface area contributed by atoms with Crippen LogP contribution in [0.15, 0.2) is 30.5 Å². The first-order chi connectivity index (χ1) is 17.8. The number of carbonyl (C=O) groups excluding carboxylic acids is 2. The maximum atomic E-state index is 13.8. The van der Waals surface area contributed by atoms with Crippen molar-refractivity contribution in [2.45, 2.75) is 76.5 Å². The van der Waals surface area contributed by atoms with Gasteiger partial charge in [-0.2, -0.15) is 0 Å². The van der Waals surface area contributed by atoms with E-state index >= 15 is 0 Å². The normalized spacial score (nSPS) is 21.7. The summed E-state index contributed by atoms with van der Waals surface area (Å²) in [5, 5.41) is 31.2. The van der Waals surface area contributed by atoms with Crippen molar-refractivity contribution in [2.24, 2.45) is 5.41 Å². The highest BCUT2D eigenvalue weighted by molar-refractivity contribution is 5.90. The number of ether oxygens (including phenoxy) is 1. The molecule has 2 amide bonds. The lowest BCUT2D eigenvalue weighted by molar-refractivity contribution is -0.275. The van der Waals surface area contributed by atoms with Crippen molar-refractivity contribution >= 4 is 11.8 Å². The highest BCUT2D eigenvalue weighted by Crippen LogP contribution is 2.40. The van der Waals surface area contributed by atoms with Crippen LogP contribution >= 0.6 is 0 Å². The molecule has 0 radical (unpaired) electrons. The second kappa shape index (κ2) is 10.5. The van der Waals surface area contributed by atoms with Crippen molar-refractivity contribution in [3.05, 3.63) is 41.7 Å². The molecular weight excluding hydrogens is 507 g/mol. The van der Waals surface area contributed by atoms with E-state index in [0.29, 0.717) is 5.92 Å². The van der Waals surface area contributed by atoms with Gasteiger partial charge in [0.1, 0.15) is 17.8 Å². The van der Waals surface area contributed by atoms with Crippen LogP contribution < -0.4 is 10.1 Å². The average Bonchev–Trinajstić information content (AvgIpc) is 3.43. The minimum absolute atomic E-state index is 0.0715. The van der Waals surface area contributed by atoms with Crippen molar-refractivity contribution in [2.75, 3.05) is 13.2 Å². The van der Waals surface area contributed by atoms with Crippen LogP contribution in [-0.4, -0.2) is 73.6 Å². The molecule has 1 aromatic heterocycles. The van der Waals surface area contributed by atoms with E-state index in [0.717, 1.165) is 24.6 Å². The molecule has 2 aliphatic rings. The number of hydrogen-bond donors (Lipinski definition) is 3. The standard InChI is InChI=1S/C25H32F3N5O5/c1-24(2,3)21(33-12-17(30-31-33)14-8-9-14)23(37)32-11-15(35)10-19(32)22(36)29-18(13-34)16-6-4-5-7-20(16)38-25(26,27)28/h4-7,12,14-15,18-19,21,34-35H,8-11,13H2,1-3H3,(H,29,36)/t15?,18?,19?,21-/m1/s1. The lowest BCUT2D eigenvalue weighted by Crippen LogP contribution is -2.51. The summed E-state index contributed by atoms with van der Waals surface area (Å²) in [6.07, 6.45) is -2.26. The van der Waals surface area contributed by atoms with Gasteiger partial charge in [0.2, 0.25) is 11.8 Å². The van der Waals surface area contributed by atoms with Crippen LogP contribution in [0.4, 0.5) is 13.2 Å². The number of aromatic nitrogens is 3. The molecule has 3 unspecified atom stereocenters. The second-order valence-electron chi connectivity index (χ2n) is 10.9. The van der Waals surface area contributed by atoms with E-state index in [1.807, 2.05) is 20.8 Å². The number of nitrogens with one attached hydrogen (secondary N) is 1. The lowest BCUT2D eigenvalue weighted by atomic mass is 9.85. The fourth-order valence-corrected chi connectivity index (χ4v) is 4.80. The molecule has 1 aliphatic heterocycles. The number of aliphatic hydroxyl groups is 2. The van der Waals surface area contributed by atoms with Crippen molar-refractivity contribution < 1.29 is 37.7 Å². The fraction of sp³-hybridized carbons (Fsp3) is 0.600. The molecule has 0 spiro atoms. The van der Waals surface area contributed by atoms with Gasteiger partial charge in [-0.1, -0.05) is 44.2 Å². The van der Waals surface area contributed by atoms with Gasteiger partial charge in [-0.15, -0.1) is 18.3 Å². The number of benzene rings is 1. The lowest BCUT2D eigenvalue weighted by Gasteiger charge is -2.35. The third kappa shape index (κ3) is 6.26. The Hall–Kier alpha value is -3.19. The van der Waals surface area contributed by atoms with Gasteiger partial charge in [0.15, 0.2) is 0 Å². The van der Waals surface area contributed by atoms with E-state index < -0.39 is 60.2 Å². The van der Waals surface area contributed by atoms with Crippen LogP contribution in [-0.2, 0) is 9.59 Å². The Morgan fingerprint density at radius 1 is 1.21 bits per heavy atom. The van der Waals surface area contributed by atoms with Gasteiger partial charge < -0.3 is 25.2 Å². The summed E-state index contributed by atoms with van der Waals surface area (Å²) in [6, 6.07) is 1.98. The molecule has 2 aromatic rings. The Morgan fingerprint density at radius 3 is 2.50 bits per heavy atom. The van der Waals surface area contributed by atoms with Crippen LogP contribution in [0, 0.1) is 5.41 Å². The minimum Gasteiger partial charge on any atom is -0.405 e.